The molecular formula is C20H20N2O2. The van der Waals surface area contributed by atoms with Crippen LogP contribution in [-0.4, -0.2) is 10.5 Å². The SMILES string of the molecule is O=C(CCCn1cccc1)Nc1ccccc1Oc1ccccc1. The average Bonchev–Trinajstić information content (AvgIpc) is 3.11. The van der Waals surface area contributed by atoms with Gasteiger partial charge < -0.3 is 14.6 Å². The normalized spacial score (nSPS) is 10.3. The van der Waals surface area contributed by atoms with Gasteiger partial charge in [0.25, 0.3) is 0 Å². The molecule has 1 N–H and O–H groups in total. The van der Waals surface area contributed by atoms with E-state index in [-0.39, 0.29) is 5.91 Å². The minimum atomic E-state index is -0.00809. The van der Waals surface area contributed by atoms with Gasteiger partial charge in [-0.05, 0) is 42.8 Å². The molecule has 122 valence electrons. The van der Waals surface area contributed by atoms with Crippen molar-refractivity contribution >= 4 is 11.6 Å². The number of nitrogens with one attached hydrogen (secondary N) is 1. The lowest BCUT2D eigenvalue weighted by Gasteiger charge is -2.12. The van der Waals surface area contributed by atoms with E-state index in [2.05, 4.69) is 9.88 Å². The van der Waals surface area contributed by atoms with E-state index in [0.717, 1.165) is 18.7 Å². The molecule has 3 rings (SSSR count). The van der Waals surface area contributed by atoms with Gasteiger partial charge in [-0.15, -0.1) is 0 Å². The summed E-state index contributed by atoms with van der Waals surface area (Å²) < 4.78 is 7.92. The molecule has 0 fully saturated rings. The number of aromatic nitrogens is 1. The van der Waals surface area contributed by atoms with Crippen LogP contribution in [0.5, 0.6) is 11.5 Å². The quantitative estimate of drug-likeness (QED) is 0.686. The standard InChI is InChI=1S/C20H20N2O2/c23-20(13-8-16-22-14-6-7-15-22)21-18-11-4-5-12-19(18)24-17-9-2-1-3-10-17/h1-7,9-12,14-15H,8,13,16H2,(H,21,23). The Bertz CT molecular complexity index is 767. The summed E-state index contributed by atoms with van der Waals surface area (Å²) >= 11 is 0. The summed E-state index contributed by atoms with van der Waals surface area (Å²) in [5.41, 5.74) is 0.687. The summed E-state index contributed by atoms with van der Waals surface area (Å²) in [5.74, 6) is 1.38. The third-order valence-electron chi connectivity index (χ3n) is 3.62. The van der Waals surface area contributed by atoms with Crippen molar-refractivity contribution < 1.29 is 9.53 Å². The number of amides is 1. The van der Waals surface area contributed by atoms with Crippen molar-refractivity contribution in [2.24, 2.45) is 0 Å². The number of rotatable bonds is 7. The van der Waals surface area contributed by atoms with Crippen molar-refractivity contribution in [2.75, 3.05) is 5.32 Å². The fourth-order valence-electron chi connectivity index (χ4n) is 2.43. The van der Waals surface area contributed by atoms with Crippen molar-refractivity contribution in [2.45, 2.75) is 19.4 Å². The molecule has 3 aromatic rings. The molecule has 0 aliphatic heterocycles. The molecular weight excluding hydrogens is 300 g/mol. The van der Waals surface area contributed by atoms with Gasteiger partial charge in [-0.25, -0.2) is 0 Å². The molecule has 0 aliphatic rings. The Morgan fingerprint density at radius 2 is 1.62 bits per heavy atom. The predicted molar refractivity (Wildman–Crippen MR) is 95.3 cm³/mol. The third-order valence-corrected chi connectivity index (χ3v) is 3.62. The molecule has 0 radical (unpaired) electrons. The van der Waals surface area contributed by atoms with Crippen LogP contribution in [0.25, 0.3) is 0 Å². The molecule has 24 heavy (non-hydrogen) atoms. The second-order valence-corrected chi connectivity index (χ2v) is 5.48. The Kier molecular flexibility index (Phi) is 5.30. The molecule has 0 spiro atoms. The molecule has 1 amide bonds. The van der Waals surface area contributed by atoms with Crippen LogP contribution >= 0.6 is 0 Å². The molecule has 0 saturated heterocycles. The molecule has 0 aliphatic carbocycles. The number of hydrogen-bond donors (Lipinski definition) is 1. The van der Waals surface area contributed by atoms with Crippen molar-refractivity contribution in [1.82, 2.24) is 4.57 Å². The van der Waals surface area contributed by atoms with E-state index in [1.807, 2.05) is 79.1 Å². The van der Waals surface area contributed by atoms with Crippen molar-refractivity contribution in [3.63, 3.8) is 0 Å². The van der Waals surface area contributed by atoms with E-state index in [1.165, 1.54) is 0 Å². The summed E-state index contributed by atoms with van der Waals surface area (Å²) in [4.78, 5) is 12.2. The largest absolute Gasteiger partial charge is 0.455 e. The number of ether oxygens (including phenoxy) is 1. The lowest BCUT2D eigenvalue weighted by atomic mass is 10.2. The zero-order valence-electron chi connectivity index (χ0n) is 13.4. The average molecular weight is 320 g/mol. The number of hydrogen-bond acceptors (Lipinski definition) is 2. The highest BCUT2D eigenvalue weighted by Crippen LogP contribution is 2.29. The Morgan fingerprint density at radius 3 is 2.42 bits per heavy atom. The maximum absolute atomic E-state index is 12.2. The zero-order valence-corrected chi connectivity index (χ0v) is 13.4. The first-order valence-corrected chi connectivity index (χ1v) is 8.04. The Morgan fingerprint density at radius 1 is 0.917 bits per heavy atom. The predicted octanol–water partition coefficient (Wildman–Crippen LogP) is 4.70. The summed E-state index contributed by atoms with van der Waals surface area (Å²) in [6.07, 6.45) is 5.27. The van der Waals surface area contributed by atoms with E-state index in [0.29, 0.717) is 17.9 Å². The lowest BCUT2D eigenvalue weighted by molar-refractivity contribution is -0.116. The fourth-order valence-corrected chi connectivity index (χ4v) is 2.43. The highest BCUT2D eigenvalue weighted by molar-refractivity contribution is 5.92. The van der Waals surface area contributed by atoms with Crippen molar-refractivity contribution in [3.05, 3.63) is 79.1 Å². The van der Waals surface area contributed by atoms with Gasteiger partial charge in [0.2, 0.25) is 5.91 Å². The van der Waals surface area contributed by atoms with Crippen LogP contribution in [-0.2, 0) is 11.3 Å². The van der Waals surface area contributed by atoms with Crippen LogP contribution in [0.4, 0.5) is 5.69 Å². The molecule has 0 atom stereocenters. The van der Waals surface area contributed by atoms with E-state index < -0.39 is 0 Å². The van der Waals surface area contributed by atoms with Crippen LogP contribution in [0.15, 0.2) is 79.1 Å². The summed E-state index contributed by atoms with van der Waals surface area (Å²) in [5, 5.41) is 2.94. The highest BCUT2D eigenvalue weighted by atomic mass is 16.5. The van der Waals surface area contributed by atoms with Crippen LogP contribution in [0.2, 0.25) is 0 Å². The fraction of sp³-hybridized carbons (Fsp3) is 0.150. The van der Waals surface area contributed by atoms with Gasteiger partial charge in [-0.3, -0.25) is 4.79 Å². The van der Waals surface area contributed by atoms with Crippen LogP contribution in [0.3, 0.4) is 0 Å². The number of para-hydroxylation sites is 3. The monoisotopic (exact) mass is 320 g/mol. The van der Waals surface area contributed by atoms with Gasteiger partial charge in [-0.1, -0.05) is 30.3 Å². The van der Waals surface area contributed by atoms with Gasteiger partial charge in [0, 0.05) is 25.4 Å². The second kappa shape index (κ2) is 8.02. The molecule has 2 aromatic carbocycles. The number of carbonyl (C=O) groups is 1. The Hall–Kier alpha value is -3.01. The van der Waals surface area contributed by atoms with E-state index in [1.54, 1.807) is 0 Å². The van der Waals surface area contributed by atoms with E-state index in [9.17, 15) is 4.79 Å². The van der Waals surface area contributed by atoms with Gasteiger partial charge in [0.05, 0.1) is 5.69 Å². The van der Waals surface area contributed by atoms with Gasteiger partial charge >= 0.3 is 0 Å². The van der Waals surface area contributed by atoms with Crippen LogP contribution in [0.1, 0.15) is 12.8 Å². The second-order valence-electron chi connectivity index (χ2n) is 5.48. The Balaban J connectivity index is 1.57. The number of anilines is 1. The maximum Gasteiger partial charge on any atom is 0.224 e. The first-order valence-electron chi connectivity index (χ1n) is 8.04. The number of aryl methyl sites for hydroxylation is 1. The summed E-state index contributed by atoms with van der Waals surface area (Å²) in [7, 11) is 0. The summed E-state index contributed by atoms with van der Waals surface area (Å²) in [6.45, 7) is 0.836. The topological polar surface area (TPSA) is 43.3 Å². The molecule has 4 heteroatoms. The van der Waals surface area contributed by atoms with Gasteiger partial charge in [0.15, 0.2) is 5.75 Å². The lowest BCUT2D eigenvalue weighted by Crippen LogP contribution is -2.12. The molecule has 0 unspecified atom stereocenters. The minimum absolute atomic E-state index is 0.00809. The summed E-state index contributed by atoms with van der Waals surface area (Å²) in [6, 6.07) is 21.0. The molecule has 0 saturated carbocycles. The smallest absolute Gasteiger partial charge is 0.224 e. The minimum Gasteiger partial charge on any atom is -0.455 e. The zero-order chi connectivity index (χ0) is 16.6. The molecule has 1 aromatic heterocycles. The molecule has 4 nitrogen and oxygen atoms in total. The van der Waals surface area contributed by atoms with Crippen LogP contribution < -0.4 is 10.1 Å². The van der Waals surface area contributed by atoms with E-state index in [4.69, 9.17) is 4.74 Å². The number of benzene rings is 2. The molecule has 1 heterocycles. The molecule has 0 bridgehead atoms. The van der Waals surface area contributed by atoms with Crippen molar-refractivity contribution in [3.8, 4) is 11.5 Å². The Labute approximate surface area is 141 Å². The number of nitrogens with zero attached hydrogens (tertiary/aromatic N) is 1. The number of carbonyl (C=O) groups excluding carboxylic acids is 1. The first kappa shape index (κ1) is 15.9. The first-order chi connectivity index (χ1) is 11.8. The highest BCUT2D eigenvalue weighted by Gasteiger charge is 2.08. The van der Waals surface area contributed by atoms with Crippen LogP contribution in [0, 0.1) is 0 Å². The van der Waals surface area contributed by atoms with E-state index >= 15 is 0 Å². The third kappa shape index (κ3) is 4.49. The van der Waals surface area contributed by atoms with Crippen molar-refractivity contribution in [1.29, 1.82) is 0 Å². The maximum atomic E-state index is 12.2. The van der Waals surface area contributed by atoms with Gasteiger partial charge in [-0.2, -0.15) is 0 Å². The van der Waals surface area contributed by atoms with Gasteiger partial charge in [0.1, 0.15) is 5.75 Å².